The van der Waals surface area contributed by atoms with Crippen LogP contribution in [0.5, 0.6) is 0 Å². The number of hydrogen-bond acceptors (Lipinski definition) is 2. The highest BCUT2D eigenvalue weighted by Crippen LogP contribution is 2.58. The van der Waals surface area contributed by atoms with Crippen LogP contribution in [0.3, 0.4) is 0 Å². The van der Waals surface area contributed by atoms with Gasteiger partial charge in [-0.15, -0.1) is 0 Å². The fourth-order valence-electron chi connectivity index (χ4n) is 3.28. The lowest BCUT2D eigenvalue weighted by atomic mass is 10.2. The van der Waals surface area contributed by atoms with Gasteiger partial charge in [0.25, 0.3) is 0 Å². The van der Waals surface area contributed by atoms with Crippen molar-refractivity contribution >= 4 is 51.3 Å². The Hall–Kier alpha value is -0.930. The van der Waals surface area contributed by atoms with Crippen molar-refractivity contribution in [3.05, 3.63) is 83.4 Å². The number of hydrogen-bond donors (Lipinski definition) is 0. The second-order valence-corrected chi connectivity index (χ2v) is 12.0. The van der Waals surface area contributed by atoms with Crippen molar-refractivity contribution in [2.24, 2.45) is 0 Å². The Balaban J connectivity index is 2.04. The third kappa shape index (κ3) is 5.57. The molecule has 6 heteroatoms. The molecule has 0 amide bonds. The Morgan fingerprint density at radius 2 is 1.29 bits per heavy atom. The van der Waals surface area contributed by atoms with Crippen LogP contribution >= 0.6 is 29.4 Å². The molecule has 0 spiro atoms. The largest absolute Gasteiger partial charge is 0.373 e. The van der Waals surface area contributed by atoms with Crippen molar-refractivity contribution in [2.75, 3.05) is 13.1 Å². The number of halogens is 2. The van der Waals surface area contributed by atoms with Gasteiger partial charge in [-0.3, -0.25) is 4.67 Å². The summed E-state index contributed by atoms with van der Waals surface area (Å²) in [6.07, 6.45) is -2.09. The molecule has 0 radical (unpaired) electrons. The quantitative estimate of drug-likeness (QED) is 0.455. The van der Waals surface area contributed by atoms with Crippen LogP contribution < -0.4 is 0 Å². The number of benzene rings is 2. The molecule has 0 N–H and O–H groups in total. The maximum absolute atomic E-state index is 6.70. The van der Waals surface area contributed by atoms with Gasteiger partial charge in [0.05, 0.1) is 28.5 Å². The van der Waals surface area contributed by atoms with Gasteiger partial charge in [0.15, 0.2) is 0 Å². The molecule has 3 rings (SSSR count). The van der Waals surface area contributed by atoms with E-state index in [9.17, 15) is 0 Å². The van der Waals surface area contributed by atoms with E-state index in [1.807, 2.05) is 72.3 Å². The van der Waals surface area contributed by atoms with E-state index in [-0.39, 0.29) is 12.2 Å². The lowest BCUT2D eigenvalue weighted by Gasteiger charge is -2.40. The molecule has 1 fully saturated rings. The van der Waals surface area contributed by atoms with Gasteiger partial charge in [0.1, 0.15) is 0 Å². The zero-order valence-corrected chi connectivity index (χ0v) is 19.2. The maximum atomic E-state index is 6.70. The molecular weight excluding hydrogens is 428 g/mol. The van der Waals surface area contributed by atoms with Gasteiger partial charge in [-0.05, 0) is 36.6 Å². The minimum absolute atomic E-state index is 0.110. The molecule has 1 aliphatic heterocycles. The zero-order valence-electron chi connectivity index (χ0n) is 16.0. The number of nitrogens with zero attached hydrogens (tertiary/aromatic N) is 1. The molecule has 148 valence electrons. The molecule has 2 unspecified atom stereocenters. The Morgan fingerprint density at radius 1 is 0.893 bits per heavy atom. The summed E-state index contributed by atoms with van der Waals surface area (Å²) >= 11 is 19.6. The second kappa shape index (κ2) is 9.71. The third-order valence-electron chi connectivity index (χ3n) is 4.54. The molecule has 28 heavy (non-hydrogen) atoms. The van der Waals surface area contributed by atoms with Gasteiger partial charge in [-0.25, -0.2) is 0 Å². The van der Waals surface area contributed by atoms with Crippen LogP contribution in [-0.2, 0) is 16.5 Å². The lowest BCUT2D eigenvalue weighted by molar-refractivity contribution is -0.0428. The molecule has 0 saturated carbocycles. The highest BCUT2D eigenvalue weighted by Gasteiger charge is 2.31. The molecule has 2 nitrogen and oxygen atoms in total. The predicted molar refractivity (Wildman–Crippen MR) is 126 cm³/mol. The van der Waals surface area contributed by atoms with Crippen LogP contribution in [0.25, 0.3) is 10.1 Å². The molecule has 1 heterocycles. The second-order valence-electron chi connectivity index (χ2n) is 6.99. The summed E-state index contributed by atoms with van der Waals surface area (Å²) in [7, 11) is 0. The predicted octanol–water partition coefficient (Wildman–Crippen LogP) is 6.96. The summed E-state index contributed by atoms with van der Waals surface area (Å²) < 4.78 is 8.23. The highest BCUT2D eigenvalue weighted by molar-refractivity contribution is 8.16. The summed E-state index contributed by atoms with van der Waals surface area (Å²) in [6, 6.07) is 19.8. The van der Waals surface area contributed by atoms with E-state index in [0.717, 1.165) is 24.2 Å². The Morgan fingerprint density at radius 3 is 1.68 bits per heavy atom. The van der Waals surface area contributed by atoms with E-state index in [2.05, 4.69) is 18.5 Å². The van der Waals surface area contributed by atoms with Gasteiger partial charge in [0, 0.05) is 13.1 Å². The van der Waals surface area contributed by atoms with Crippen LogP contribution in [0.4, 0.5) is 0 Å². The van der Waals surface area contributed by atoms with Crippen molar-refractivity contribution < 1.29 is 4.74 Å². The van der Waals surface area contributed by atoms with Crippen LogP contribution in [0, 0.1) is 0 Å². The summed E-state index contributed by atoms with van der Waals surface area (Å²) in [4.78, 5) is 0. The lowest BCUT2D eigenvalue weighted by Crippen LogP contribution is -2.43. The molecule has 2 atom stereocenters. The van der Waals surface area contributed by atoms with Gasteiger partial charge < -0.3 is 4.74 Å². The first kappa shape index (κ1) is 21.8. The summed E-state index contributed by atoms with van der Waals surface area (Å²) in [5.41, 5.74) is 1.91. The Bertz CT molecular complexity index is 832. The normalized spacial score (nSPS) is 22.3. The standard InChI is InChI=1S/C22H24Cl2NOPS/c1-17-13-25(14-18(2)26-17)27(28,15-21(23)19-9-5-3-6-10-19)16-22(24)20-11-7-4-8-12-20/h3-12,15-18H,13-14H2,1-2H3/b21-15-,22-16-. The van der Waals surface area contributed by atoms with Crippen molar-refractivity contribution in [3.63, 3.8) is 0 Å². The van der Waals surface area contributed by atoms with Crippen LogP contribution in [0.1, 0.15) is 25.0 Å². The van der Waals surface area contributed by atoms with Crippen LogP contribution in [0.15, 0.2) is 72.3 Å². The topological polar surface area (TPSA) is 12.5 Å². The molecule has 1 saturated heterocycles. The van der Waals surface area contributed by atoms with Crippen molar-refractivity contribution in [3.8, 4) is 0 Å². The van der Waals surface area contributed by atoms with E-state index in [0.29, 0.717) is 10.1 Å². The van der Waals surface area contributed by atoms with E-state index in [4.69, 9.17) is 39.7 Å². The van der Waals surface area contributed by atoms with Crippen LogP contribution in [0.2, 0.25) is 0 Å². The number of morpholine rings is 1. The first-order chi connectivity index (χ1) is 13.4. The van der Waals surface area contributed by atoms with Gasteiger partial charge >= 0.3 is 0 Å². The monoisotopic (exact) mass is 451 g/mol. The molecule has 0 aliphatic carbocycles. The van der Waals surface area contributed by atoms with Gasteiger partial charge in [0.2, 0.25) is 0 Å². The fraction of sp³-hybridized carbons (Fsp3) is 0.273. The highest BCUT2D eigenvalue weighted by atomic mass is 35.5. The molecule has 1 aliphatic rings. The molecular formula is C22H24Cl2NOPS. The zero-order chi connectivity index (χ0) is 20.1. The Kier molecular flexibility index (Phi) is 7.55. The van der Waals surface area contributed by atoms with Crippen molar-refractivity contribution in [1.82, 2.24) is 4.67 Å². The minimum atomic E-state index is -2.31. The summed E-state index contributed by atoms with van der Waals surface area (Å²) in [5.74, 6) is 4.05. The number of ether oxygens (including phenoxy) is 1. The summed E-state index contributed by atoms with van der Waals surface area (Å²) in [5, 5.41) is 1.31. The maximum Gasteiger partial charge on any atom is 0.0681 e. The van der Waals surface area contributed by atoms with E-state index in [1.54, 1.807) is 0 Å². The van der Waals surface area contributed by atoms with E-state index in [1.165, 1.54) is 0 Å². The summed E-state index contributed by atoms with van der Waals surface area (Å²) in [6.45, 7) is 5.67. The number of rotatable bonds is 5. The average molecular weight is 452 g/mol. The molecule has 0 bridgehead atoms. The smallest absolute Gasteiger partial charge is 0.0681 e. The van der Waals surface area contributed by atoms with Crippen molar-refractivity contribution in [2.45, 2.75) is 26.1 Å². The SMILES string of the molecule is CC1CN(P(=S)(/C=C(\Cl)c2ccccc2)/C=C(\Cl)c2ccccc2)CC(C)O1. The molecule has 2 aromatic carbocycles. The van der Waals surface area contributed by atoms with Gasteiger partial charge in [-0.1, -0.05) is 95.7 Å². The molecule has 0 aromatic heterocycles. The van der Waals surface area contributed by atoms with E-state index >= 15 is 0 Å². The van der Waals surface area contributed by atoms with Crippen molar-refractivity contribution in [1.29, 1.82) is 0 Å². The first-order valence-electron chi connectivity index (χ1n) is 9.25. The third-order valence-corrected chi connectivity index (χ3v) is 9.29. The minimum Gasteiger partial charge on any atom is -0.373 e. The fourth-order valence-corrected chi connectivity index (χ4v) is 8.12. The van der Waals surface area contributed by atoms with Crippen LogP contribution in [-0.4, -0.2) is 30.0 Å². The average Bonchev–Trinajstić information content (AvgIpc) is 2.68. The molecule has 2 aromatic rings. The first-order valence-corrected chi connectivity index (χ1v) is 12.9. The van der Waals surface area contributed by atoms with E-state index < -0.39 is 6.19 Å². The Labute approximate surface area is 182 Å². The van der Waals surface area contributed by atoms with Gasteiger partial charge in [-0.2, -0.15) is 0 Å².